The second-order valence-electron chi connectivity index (χ2n) is 7.44. The minimum atomic E-state index is -0.645. The van der Waals surface area contributed by atoms with Crippen LogP contribution in [0.5, 0.6) is 5.75 Å². The second-order valence-corrected chi connectivity index (χ2v) is 8.28. The first-order valence-electron chi connectivity index (χ1n) is 10.4. The number of thiazole rings is 1. The van der Waals surface area contributed by atoms with Gasteiger partial charge in [-0.1, -0.05) is 26.0 Å². The fourth-order valence-electron chi connectivity index (χ4n) is 2.43. The molecular formula is C23H36N2O5S2. The number of rotatable bonds is 7. The highest BCUT2D eigenvalue weighted by molar-refractivity contribution is 7.59. The maximum Gasteiger partial charge on any atom is 0.416 e. The summed E-state index contributed by atoms with van der Waals surface area (Å²) in [7, 11) is 1.60. The minimum Gasteiger partial charge on any atom is -0.497 e. The van der Waals surface area contributed by atoms with Gasteiger partial charge in [0.25, 0.3) is 0 Å². The van der Waals surface area contributed by atoms with E-state index in [0.29, 0.717) is 17.4 Å². The summed E-state index contributed by atoms with van der Waals surface area (Å²) >= 11 is 1.28. The van der Waals surface area contributed by atoms with Gasteiger partial charge in [0, 0.05) is 5.38 Å². The number of nitrogens with zero attached hydrogens (tertiary/aromatic N) is 2. The summed E-state index contributed by atoms with van der Waals surface area (Å²) in [6.45, 7) is 13.5. The van der Waals surface area contributed by atoms with Gasteiger partial charge in [0.1, 0.15) is 11.4 Å². The van der Waals surface area contributed by atoms with Gasteiger partial charge in [-0.25, -0.2) is 14.7 Å². The minimum absolute atomic E-state index is 0. The zero-order valence-corrected chi connectivity index (χ0v) is 22.0. The molecule has 1 aromatic heterocycles. The number of benzene rings is 1. The van der Waals surface area contributed by atoms with Gasteiger partial charge in [0.05, 0.1) is 31.9 Å². The zero-order chi connectivity index (χ0) is 23.6. The predicted octanol–water partition coefficient (Wildman–Crippen LogP) is 5.90. The average Bonchev–Trinajstić information content (AvgIpc) is 3.22. The Hall–Kier alpha value is -2.26. The molecule has 7 nitrogen and oxygen atoms in total. The molecule has 0 aliphatic heterocycles. The van der Waals surface area contributed by atoms with Gasteiger partial charge in [-0.2, -0.15) is 13.5 Å². The lowest BCUT2D eigenvalue weighted by atomic mass is 10.1. The van der Waals surface area contributed by atoms with E-state index in [4.69, 9.17) is 14.2 Å². The van der Waals surface area contributed by atoms with Crippen molar-refractivity contribution >= 4 is 42.0 Å². The molecule has 0 aliphatic carbocycles. The Kier molecular flexibility index (Phi) is 13.0. The number of amides is 1. The van der Waals surface area contributed by atoms with E-state index in [0.717, 1.165) is 11.3 Å². The molecule has 0 spiro atoms. The molecule has 2 aromatic rings. The van der Waals surface area contributed by atoms with Crippen molar-refractivity contribution in [3.8, 4) is 5.75 Å². The number of hydrogen-bond acceptors (Lipinski definition) is 7. The van der Waals surface area contributed by atoms with E-state index in [1.54, 1.807) is 26.3 Å². The predicted molar refractivity (Wildman–Crippen MR) is 134 cm³/mol. The molecule has 1 aromatic carbocycles. The van der Waals surface area contributed by atoms with Crippen LogP contribution in [0.4, 0.5) is 9.93 Å². The van der Waals surface area contributed by atoms with E-state index < -0.39 is 17.6 Å². The van der Waals surface area contributed by atoms with Gasteiger partial charge < -0.3 is 14.2 Å². The second kappa shape index (κ2) is 14.0. The maximum atomic E-state index is 12.9. The molecule has 1 atom stereocenters. The van der Waals surface area contributed by atoms with E-state index in [2.05, 4.69) is 4.98 Å². The Morgan fingerprint density at radius 3 is 2.25 bits per heavy atom. The van der Waals surface area contributed by atoms with E-state index in [1.807, 2.05) is 58.9 Å². The summed E-state index contributed by atoms with van der Waals surface area (Å²) in [4.78, 5) is 30.9. The lowest BCUT2D eigenvalue weighted by molar-refractivity contribution is -0.144. The number of carbonyl (C=O) groups is 2. The Labute approximate surface area is 202 Å². The highest BCUT2D eigenvalue weighted by Gasteiger charge is 2.27. The molecular weight excluding hydrogens is 448 g/mol. The SMILES string of the molecule is CC.CCOC(=O)C(C)c1csc(N(Cc2ccc(OC)cc2)C(=O)OC(C)(C)C)n1.S. The summed E-state index contributed by atoms with van der Waals surface area (Å²) in [5.74, 6) is -0.123. The van der Waals surface area contributed by atoms with E-state index in [1.165, 1.54) is 16.2 Å². The topological polar surface area (TPSA) is 78.0 Å². The van der Waals surface area contributed by atoms with Gasteiger partial charge in [-0.05, 0) is 52.3 Å². The molecule has 0 fully saturated rings. The molecule has 1 amide bonds. The number of hydrogen-bond donors (Lipinski definition) is 0. The molecule has 0 saturated carbocycles. The van der Waals surface area contributed by atoms with Crippen LogP contribution in [0.25, 0.3) is 0 Å². The Bertz CT molecular complexity index is 832. The summed E-state index contributed by atoms with van der Waals surface area (Å²) in [5.41, 5.74) is 0.812. The fraction of sp³-hybridized carbons (Fsp3) is 0.522. The summed E-state index contributed by atoms with van der Waals surface area (Å²) in [6.07, 6.45) is -0.502. The molecule has 0 radical (unpaired) electrons. The van der Waals surface area contributed by atoms with Crippen LogP contribution in [-0.4, -0.2) is 36.4 Å². The first-order valence-corrected chi connectivity index (χ1v) is 11.3. The molecule has 1 heterocycles. The number of anilines is 1. The van der Waals surface area contributed by atoms with Crippen molar-refractivity contribution in [3.05, 3.63) is 40.9 Å². The molecule has 180 valence electrons. The lowest BCUT2D eigenvalue weighted by Gasteiger charge is -2.26. The number of esters is 1. The van der Waals surface area contributed by atoms with Crippen LogP contribution >= 0.6 is 24.8 Å². The van der Waals surface area contributed by atoms with Crippen molar-refractivity contribution < 1.29 is 23.8 Å². The highest BCUT2D eigenvalue weighted by Crippen LogP contribution is 2.29. The molecule has 0 saturated heterocycles. The maximum absolute atomic E-state index is 12.9. The van der Waals surface area contributed by atoms with Crippen molar-refractivity contribution in [2.45, 2.75) is 66.5 Å². The summed E-state index contributed by atoms with van der Waals surface area (Å²) in [6, 6.07) is 7.43. The Balaban J connectivity index is 0.00000311. The third kappa shape index (κ3) is 9.08. The normalized spacial score (nSPS) is 11.2. The standard InChI is InChI=1S/C21H28N2O5S.C2H6.H2S/c1-7-27-18(24)14(2)17-13-29-19(22-17)23(20(25)28-21(3,4)5)12-15-8-10-16(26-6)11-9-15;1-2;/h8-11,13-14H,7,12H2,1-6H3;1-2H3;1H2. The molecule has 0 aliphatic rings. The van der Waals surface area contributed by atoms with Crippen molar-refractivity contribution in [3.63, 3.8) is 0 Å². The quantitative estimate of drug-likeness (QED) is 0.455. The van der Waals surface area contributed by atoms with Crippen LogP contribution in [0, 0.1) is 0 Å². The molecule has 0 N–H and O–H groups in total. The van der Waals surface area contributed by atoms with Gasteiger partial charge in [0.15, 0.2) is 5.13 Å². The van der Waals surface area contributed by atoms with Crippen LogP contribution in [0.1, 0.15) is 65.6 Å². The van der Waals surface area contributed by atoms with E-state index in [-0.39, 0.29) is 26.0 Å². The number of aromatic nitrogens is 1. The van der Waals surface area contributed by atoms with Gasteiger partial charge in [-0.3, -0.25) is 4.79 Å². The molecule has 0 bridgehead atoms. The van der Waals surface area contributed by atoms with Crippen molar-refractivity contribution in [1.29, 1.82) is 0 Å². The van der Waals surface area contributed by atoms with Crippen LogP contribution in [0.15, 0.2) is 29.6 Å². The third-order valence-electron chi connectivity index (χ3n) is 3.94. The number of carbonyl (C=O) groups excluding carboxylic acids is 2. The average molecular weight is 485 g/mol. The largest absolute Gasteiger partial charge is 0.497 e. The molecule has 32 heavy (non-hydrogen) atoms. The first kappa shape index (κ1) is 29.7. The highest BCUT2D eigenvalue weighted by atomic mass is 32.1. The van der Waals surface area contributed by atoms with Gasteiger partial charge in [-0.15, -0.1) is 11.3 Å². The zero-order valence-electron chi connectivity index (χ0n) is 20.2. The van der Waals surface area contributed by atoms with Crippen molar-refractivity contribution in [2.24, 2.45) is 0 Å². The van der Waals surface area contributed by atoms with Gasteiger partial charge in [0.2, 0.25) is 0 Å². The summed E-state index contributed by atoms with van der Waals surface area (Å²) in [5, 5.41) is 2.23. The smallest absolute Gasteiger partial charge is 0.416 e. The van der Waals surface area contributed by atoms with Crippen LogP contribution in [0.2, 0.25) is 0 Å². The van der Waals surface area contributed by atoms with Gasteiger partial charge >= 0.3 is 12.1 Å². The molecule has 1 unspecified atom stereocenters. The van der Waals surface area contributed by atoms with E-state index >= 15 is 0 Å². The van der Waals surface area contributed by atoms with Crippen LogP contribution in [0.3, 0.4) is 0 Å². The number of methoxy groups -OCH3 is 1. The summed E-state index contributed by atoms with van der Waals surface area (Å²) < 4.78 is 15.8. The van der Waals surface area contributed by atoms with Crippen molar-refractivity contribution in [2.75, 3.05) is 18.6 Å². The molecule has 2 rings (SSSR count). The molecule has 9 heteroatoms. The lowest BCUT2D eigenvalue weighted by Crippen LogP contribution is -2.36. The number of ether oxygens (including phenoxy) is 3. The Morgan fingerprint density at radius 1 is 1.16 bits per heavy atom. The Morgan fingerprint density at radius 2 is 1.75 bits per heavy atom. The monoisotopic (exact) mass is 484 g/mol. The van der Waals surface area contributed by atoms with Crippen LogP contribution in [-0.2, 0) is 20.8 Å². The first-order chi connectivity index (χ1) is 14.6. The van der Waals surface area contributed by atoms with Crippen LogP contribution < -0.4 is 9.64 Å². The van der Waals surface area contributed by atoms with Crippen molar-refractivity contribution in [1.82, 2.24) is 4.98 Å². The fourth-order valence-corrected chi connectivity index (χ4v) is 3.34. The third-order valence-corrected chi connectivity index (χ3v) is 4.82. The van der Waals surface area contributed by atoms with E-state index in [9.17, 15) is 9.59 Å².